The molecule has 108 valence electrons. The molecule has 0 spiro atoms. The summed E-state index contributed by atoms with van der Waals surface area (Å²) >= 11 is 2.11. The van der Waals surface area contributed by atoms with Gasteiger partial charge in [-0.1, -0.05) is 33.1 Å². The van der Waals surface area contributed by atoms with Crippen LogP contribution < -0.4 is 5.32 Å². The predicted molar refractivity (Wildman–Crippen MR) is 82.5 cm³/mol. The minimum Gasteiger partial charge on any atom is -0.383 e. The van der Waals surface area contributed by atoms with E-state index in [0.717, 1.165) is 18.4 Å². The topological polar surface area (TPSA) is 21.3 Å². The first kappa shape index (κ1) is 16.3. The molecule has 3 heteroatoms. The first-order chi connectivity index (χ1) is 8.68. The average molecular weight is 273 g/mol. The highest BCUT2D eigenvalue weighted by molar-refractivity contribution is 7.99. The van der Waals surface area contributed by atoms with Crippen LogP contribution in [-0.4, -0.2) is 37.8 Å². The van der Waals surface area contributed by atoms with E-state index in [9.17, 15) is 0 Å². The molecule has 0 heterocycles. The smallest absolute Gasteiger partial charge is 0.0587 e. The van der Waals surface area contributed by atoms with Crippen molar-refractivity contribution < 1.29 is 4.74 Å². The molecule has 0 radical (unpaired) electrons. The molecule has 0 aromatic carbocycles. The number of nitrogens with one attached hydrogen (secondary N) is 1. The lowest BCUT2D eigenvalue weighted by atomic mass is 9.72. The van der Waals surface area contributed by atoms with Gasteiger partial charge in [0.2, 0.25) is 0 Å². The molecule has 0 saturated heterocycles. The van der Waals surface area contributed by atoms with Crippen LogP contribution in [0.4, 0.5) is 0 Å². The number of hydrogen-bond donors (Lipinski definition) is 1. The van der Waals surface area contributed by atoms with E-state index < -0.39 is 0 Å². The molecule has 0 aliphatic heterocycles. The first-order valence-electron chi connectivity index (χ1n) is 7.50. The monoisotopic (exact) mass is 273 g/mol. The quantitative estimate of drug-likeness (QED) is 0.647. The minimum atomic E-state index is 0.577. The Bertz CT molecular complexity index is 203. The standard InChI is InChI=1S/C15H31NOS/c1-14(2)18-12-9-15(7-5-4-6-8-15)13-16-10-11-17-3/h14,16H,4-13H2,1-3H3. The molecule has 1 N–H and O–H groups in total. The van der Waals surface area contributed by atoms with Crippen molar-refractivity contribution in [1.29, 1.82) is 0 Å². The second kappa shape index (κ2) is 9.22. The maximum atomic E-state index is 5.11. The summed E-state index contributed by atoms with van der Waals surface area (Å²) in [5, 5.41) is 4.37. The summed E-state index contributed by atoms with van der Waals surface area (Å²) in [7, 11) is 1.78. The van der Waals surface area contributed by atoms with Gasteiger partial charge in [0.15, 0.2) is 0 Å². The highest BCUT2D eigenvalue weighted by Crippen LogP contribution is 2.39. The highest BCUT2D eigenvalue weighted by atomic mass is 32.2. The van der Waals surface area contributed by atoms with Gasteiger partial charge in [0.25, 0.3) is 0 Å². The van der Waals surface area contributed by atoms with Crippen molar-refractivity contribution in [3.8, 4) is 0 Å². The fraction of sp³-hybridized carbons (Fsp3) is 1.00. The Kier molecular flexibility index (Phi) is 8.36. The Morgan fingerprint density at radius 3 is 2.56 bits per heavy atom. The summed E-state index contributed by atoms with van der Waals surface area (Å²) in [4.78, 5) is 0. The Hall–Kier alpha value is 0.270. The molecule has 0 atom stereocenters. The molecule has 0 amide bonds. The third kappa shape index (κ3) is 6.44. The first-order valence-corrected chi connectivity index (χ1v) is 8.55. The molecule has 0 aromatic heterocycles. The molecule has 1 rings (SSSR count). The molecule has 2 nitrogen and oxygen atoms in total. The minimum absolute atomic E-state index is 0.577. The van der Waals surface area contributed by atoms with E-state index in [1.807, 2.05) is 0 Å². The van der Waals surface area contributed by atoms with Crippen LogP contribution in [0.25, 0.3) is 0 Å². The number of thioether (sulfide) groups is 1. The van der Waals surface area contributed by atoms with Crippen LogP contribution in [0.5, 0.6) is 0 Å². The molecule has 0 bridgehead atoms. The van der Waals surface area contributed by atoms with Gasteiger partial charge in [-0.2, -0.15) is 11.8 Å². The molecule has 0 aromatic rings. The normalized spacial score (nSPS) is 19.3. The Morgan fingerprint density at radius 1 is 1.22 bits per heavy atom. The molecule has 1 fully saturated rings. The molecule has 18 heavy (non-hydrogen) atoms. The Labute approximate surface area is 118 Å². The van der Waals surface area contributed by atoms with Gasteiger partial charge >= 0.3 is 0 Å². The fourth-order valence-electron chi connectivity index (χ4n) is 2.86. The lowest BCUT2D eigenvalue weighted by Gasteiger charge is -2.38. The van der Waals surface area contributed by atoms with Crippen molar-refractivity contribution in [3.63, 3.8) is 0 Å². The summed E-state index contributed by atoms with van der Waals surface area (Å²) < 4.78 is 5.11. The largest absolute Gasteiger partial charge is 0.383 e. The zero-order chi connectivity index (χ0) is 13.3. The zero-order valence-corrected chi connectivity index (χ0v) is 13.3. The molecule has 1 aliphatic carbocycles. The van der Waals surface area contributed by atoms with Gasteiger partial charge in [-0.3, -0.25) is 0 Å². The van der Waals surface area contributed by atoms with E-state index in [4.69, 9.17) is 4.74 Å². The summed E-state index contributed by atoms with van der Waals surface area (Å²) in [5.41, 5.74) is 0.577. The van der Waals surface area contributed by atoms with Crippen molar-refractivity contribution in [2.45, 2.75) is 57.6 Å². The van der Waals surface area contributed by atoms with E-state index in [0.29, 0.717) is 5.41 Å². The highest BCUT2D eigenvalue weighted by Gasteiger charge is 2.31. The average Bonchev–Trinajstić information content (AvgIpc) is 2.36. The number of ether oxygens (including phenoxy) is 1. The predicted octanol–water partition coefficient (Wildman–Crippen LogP) is 3.70. The molecular formula is C15H31NOS. The lowest BCUT2D eigenvalue weighted by Crippen LogP contribution is -2.38. The second-order valence-electron chi connectivity index (χ2n) is 5.90. The fourth-order valence-corrected chi connectivity index (χ4v) is 3.88. The van der Waals surface area contributed by atoms with Crippen molar-refractivity contribution in [1.82, 2.24) is 5.32 Å². The van der Waals surface area contributed by atoms with Crippen LogP contribution in [0.2, 0.25) is 0 Å². The maximum absolute atomic E-state index is 5.11. The van der Waals surface area contributed by atoms with Gasteiger partial charge in [-0.25, -0.2) is 0 Å². The van der Waals surface area contributed by atoms with Crippen LogP contribution in [0.15, 0.2) is 0 Å². The third-order valence-electron chi connectivity index (χ3n) is 3.98. The van der Waals surface area contributed by atoms with Gasteiger partial charge in [0, 0.05) is 20.2 Å². The van der Waals surface area contributed by atoms with Crippen molar-refractivity contribution in [2.75, 3.05) is 32.6 Å². The van der Waals surface area contributed by atoms with Gasteiger partial charge < -0.3 is 10.1 Å². The SMILES string of the molecule is COCCNCC1(CCSC(C)C)CCCCC1. The van der Waals surface area contributed by atoms with Crippen molar-refractivity contribution in [2.24, 2.45) is 5.41 Å². The van der Waals surface area contributed by atoms with E-state index in [2.05, 4.69) is 30.9 Å². The number of methoxy groups -OCH3 is 1. The van der Waals surface area contributed by atoms with Crippen molar-refractivity contribution >= 4 is 11.8 Å². The van der Waals surface area contributed by atoms with E-state index >= 15 is 0 Å². The summed E-state index contributed by atoms with van der Waals surface area (Å²) in [5.74, 6) is 1.32. The second-order valence-corrected chi connectivity index (χ2v) is 7.58. The van der Waals surface area contributed by atoms with E-state index in [1.165, 1.54) is 50.8 Å². The van der Waals surface area contributed by atoms with E-state index in [1.54, 1.807) is 7.11 Å². The van der Waals surface area contributed by atoms with Crippen LogP contribution in [-0.2, 0) is 4.74 Å². The number of rotatable bonds is 9. The summed E-state index contributed by atoms with van der Waals surface area (Å²) in [6.07, 6.45) is 8.53. The zero-order valence-electron chi connectivity index (χ0n) is 12.5. The van der Waals surface area contributed by atoms with Crippen LogP contribution in [0, 0.1) is 5.41 Å². The molecule has 0 unspecified atom stereocenters. The van der Waals surface area contributed by atoms with Crippen LogP contribution in [0.1, 0.15) is 52.4 Å². The summed E-state index contributed by atoms with van der Waals surface area (Å²) in [6, 6.07) is 0. The van der Waals surface area contributed by atoms with Crippen LogP contribution in [0.3, 0.4) is 0 Å². The Balaban J connectivity index is 2.32. The van der Waals surface area contributed by atoms with E-state index in [-0.39, 0.29) is 0 Å². The third-order valence-corrected chi connectivity index (χ3v) is 5.09. The Morgan fingerprint density at radius 2 is 1.94 bits per heavy atom. The van der Waals surface area contributed by atoms with Gasteiger partial charge in [-0.05, 0) is 35.7 Å². The number of hydrogen-bond acceptors (Lipinski definition) is 3. The lowest BCUT2D eigenvalue weighted by molar-refractivity contribution is 0.160. The van der Waals surface area contributed by atoms with Crippen LogP contribution >= 0.6 is 11.8 Å². The van der Waals surface area contributed by atoms with Gasteiger partial charge in [0.1, 0.15) is 0 Å². The maximum Gasteiger partial charge on any atom is 0.0587 e. The molecular weight excluding hydrogens is 242 g/mol. The molecule has 1 saturated carbocycles. The van der Waals surface area contributed by atoms with Crippen molar-refractivity contribution in [3.05, 3.63) is 0 Å². The summed E-state index contributed by atoms with van der Waals surface area (Å²) in [6.45, 7) is 7.62. The molecule has 1 aliphatic rings. The van der Waals surface area contributed by atoms with Gasteiger partial charge in [-0.15, -0.1) is 0 Å². The van der Waals surface area contributed by atoms with Gasteiger partial charge in [0.05, 0.1) is 6.61 Å².